The highest BCUT2D eigenvalue weighted by Gasteiger charge is 1.99. The highest BCUT2D eigenvalue weighted by atomic mass is 19.3. The predicted octanol–water partition coefficient (Wildman–Crippen LogP) is 3.07. The lowest BCUT2D eigenvalue weighted by Crippen LogP contribution is -1.72. The average Bonchev–Trinajstić information content (AvgIpc) is 2.35. The molecule has 0 aromatic carbocycles. The highest BCUT2D eigenvalue weighted by molar-refractivity contribution is 5.68. The Bertz CT molecular complexity index is 268. The molecule has 0 atom stereocenters. The van der Waals surface area contributed by atoms with Gasteiger partial charge in [0.25, 0.3) is 6.08 Å². The topological polar surface area (TPSA) is 13.1 Å². The van der Waals surface area contributed by atoms with Crippen molar-refractivity contribution in [3.63, 3.8) is 0 Å². The van der Waals surface area contributed by atoms with Gasteiger partial charge in [-0.25, -0.2) is 0 Å². The quantitative estimate of drug-likeness (QED) is 0.599. The monoisotopic (exact) mass is 156 g/mol. The van der Waals surface area contributed by atoms with Crippen molar-refractivity contribution in [1.29, 1.82) is 0 Å². The SMILES string of the molecule is C=C(C=C(F)F)c1ccco1. The molecule has 0 spiro atoms. The molecule has 1 rings (SSSR count). The Morgan fingerprint density at radius 2 is 2.27 bits per heavy atom. The van der Waals surface area contributed by atoms with E-state index in [1.807, 2.05) is 0 Å². The van der Waals surface area contributed by atoms with Gasteiger partial charge in [0.2, 0.25) is 0 Å². The Hall–Kier alpha value is -1.38. The van der Waals surface area contributed by atoms with Crippen molar-refractivity contribution in [2.75, 3.05) is 0 Å². The number of hydrogen-bond donors (Lipinski definition) is 0. The van der Waals surface area contributed by atoms with Gasteiger partial charge in [-0.15, -0.1) is 0 Å². The zero-order valence-corrected chi connectivity index (χ0v) is 5.68. The first-order valence-corrected chi connectivity index (χ1v) is 2.95. The minimum atomic E-state index is -1.77. The minimum absolute atomic E-state index is 0.176. The summed E-state index contributed by atoms with van der Waals surface area (Å²) in [5, 5.41) is 0. The van der Waals surface area contributed by atoms with Crippen molar-refractivity contribution in [1.82, 2.24) is 0 Å². The van der Waals surface area contributed by atoms with Gasteiger partial charge in [0.1, 0.15) is 5.76 Å². The Kier molecular flexibility index (Phi) is 2.21. The predicted molar refractivity (Wildman–Crippen MR) is 38.0 cm³/mol. The second kappa shape index (κ2) is 3.14. The summed E-state index contributed by atoms with van der Waals surface area (Å²) in [6.45, 7) is 3.39. The maximum atomic E-state index is 11.6. The van der Waals surface area contributed by atoms with E-state index in [1.54, 1.807) is 12.1 Å². The van der Waals surface area contributed by atoms with Gasteiger partial charge in [-0.2, -0.15) is 8.78 Å². The summed E-state index contributed by atoms with van der Waals surface area (Å²) in [6.07, 6.45) is 0.301. The molecule has 0 aliphatic carbocycles. The van der Waals surface area contributed by atoms with Crippen molar-refractivity contribution >= 4 is 5.57 Å². The van der Waals surface area contributed by atoms with Crippen molar-refractivity contribution in [3.8, 4) is 0 Å². The Morgan fingerprint density at radius 1 is 1.55 bits per heavy atom. The van der Waals surface area contributed by atoms with Crippen LogP contribution in [-0.4, -0.2) is 0 Å². The fraction of sp³-hybridized carbons (Fsp3) is 0. The van der Waals surface area contributed by atoms with Crippen LogP contribution in [0.25, 0.3) is 5.57 Å². The van der Waals surface area contributed by atoms with Crippen LogP contribution in [0.15, 0.2) is 41.5 Å². The lowest BCUT2D eigenvalue weighted by atomic mass is 10.2. The number of hydrogen-bond acceptors (Lipinski definition) is 1. The molecular formula is C8H6F2O. The van der Waals surface area contributed by atoms with Gasteiger partial charge in [0.05, 0.1) is 6.26 Å². The molecule has 0 N–H and O–H groups in total. The number of halogens is 2. The fourth-order valence-corrected chi connectivity index (χ4v) is 0.664. The van der Waals surface area contributed by atoms with Gasteiger partial charge in [-0.3, -0.25) is 0 Å². The molecule has 0 saturated heterocycles. The summed E-state index contributed by atoms with van der Waals surface area (Å²) in [6, 6.07) is 3.19. The molecule has 1 aromatic rings. The van der Waals surface area contributed by atoms with E-state index in [0.29, 0.717) is 11.8 Å². The van der Waals surface area contributed by atoms with E-state index >= 15 is 0 Å². The van der Waals surface area contributed by atoms with Crippen molar-refractivity contribution in [3.05, 3.63) is 42.9 Å². The summed E-state index contributed by atoms with van der Waals surface area (Å²) < 4.78 is 28.1. The molecule has 0 aliphatic heterocycles. The van der Waals surface area contributed by atoms with E-state index in [4.69, 9.17) is 4.42 Å². The van der Waals surface area contributed by atoms with E-state index in [1.165, 1.54) is 6.26 Å². The van der Waals surface area contributed by atoms with Crippen molar-refractivity contribution in [2.24, 2.45) is 0 Å². The van der Waals surface area contributed by atoms with E-state index < -0.39 is 6.08 Å². The van der Waals surface area contributed by atoms with Crippen LogP contribution in [0.4, 0.5) is 8.78 Å². The molecule has 3 heteroatoms. The molecular weight excluding hydrogens is 150 g/mol. The van der Waals surface area contributed by atoms with Gasteiger partial charge in [-0.05, 0) is 12.1 Å². The third kappa shape index (κ3) is 2.04. The first kappa shape index (κ1) is 7.72. The van der Waals surface area contributed by atoms with Crippen molar-refractivity contribution in [2.45, 2.75) is 0 Å². The van der Waals surface area contributed by atoms with Gasteiger partial charge < -0.3 is 4.42 Å². The molecule has 11 heavy (non-hydrogen) atoms. The van der Waals surface area contributed by atoms with E-state index in [0.717, 1.165) is 0 Å². The molecule has 0 radical (unpaired) electrons. The third-order valence-electron chi connectivity index (χ3n) is 1.12. The summed E-state index contributed by atoms with van der Waals surface area (Å²) in [5.74, 6) is 0.359. The normalized spacial score (nSPS) is 9.27. The minimum Gasteiger partial charge on any atom is -0.464 e. The van der Waals surface area contributed by atoms with Gasteiger partial charge >= 0.3 is 0 Å². The molecule has 0 amide bonds. The van der Waals surface area contributed by atoms with Crippen LogP contribution in [0, 0.1) is 0 Å². The van der Waals surface area contributed by atoms with Crippen LogP contribution < -0.4 is 0 Å². The van der Waals surface area contributed by atoms with Crippen LogP contribution in [0.5, 0.6) is 0 Å². The van der Waals surface area contributed by atoms with Crippen LogP contribution in [0.1, 0.15) is 5.76 Å². The molecule has 58 valence electrons. The lowest BCUT2D eigenvalue weighted by Gasteiger charge is -1.90. The van der Waals surface area contributed by atoms with Crippen LogP contribution >= 0.6 is 0 Å². The second-order valence-corrected chi connectivity index (χ2v) is 1.94. The Balaban J connectivity index is 2.80. The zero-order chi connectivity index (χ0) is 8.27. The van der Waals surface area contributed by atoms with Gasteiger partial charge in [0, 0.05) is 11.6 Å². The molecule has 0 aliphatic rings. The second-order valence-electron chi connectivity index (χ2n) is 1.94. The summed E-state index contributed by atoms with van der Waals surface area (Å²) in [7, 11) is 0. The number of allylic oxidation sites excluding steroid dienone is 2. The summed E-state index contributed by atoms with van der Waals surface area (Å²) in [5.41, 5.74) is 0.176. The van der Waals surface area contributed by atoms with Crippen LogP contribution in [0.3, 0.4) is 0 Å². The lowest BCUT2D eigenvalue weighted by molar-refractivity contribution is 0.422. The molecule has 0 saturated carbocycles. The van der Waals surface area contributed by atoms with Gasteiger partial charge in [-0.1, -0.05) is 6.58 Å². The standard InChI is InChI=1S/C8H6F2O/c1-6(5-8(9)10)7-3-2-4-11-7/h2-5H,1H2. The third-order valence-corrected chi connectivity index (χ3v) is 1.12. The maximum absolute atomic E-state index is 11.6. The van der Waals surface area contributed by atoms with E-state index in [-0.39, 0.29) is 5.57 Å². The Morgan fingerprint density at radius 3 is 2.73 bits per heavy atom. The van der Waals surface area contributed by atoms with Crippen LogP contribution in [-0.2, 0) is 0 Å². The molecule has 1 nitrogen and oxygen atoms in total. The van der Waals surface area contributed by atoms with E-state index in [9.17, 15) is 8.78 Å². The van der Waals surface area contributed by atoms with Gasteiger partial charge in [0.15, 0.2) is 0 Å². The summed E-state index contributed by atoms with van der Waals surface area (Å²) in [4.78, 5) is 0. The molecule has 1 aromatic heterocycles. The number of rotatable bonds is 2. The fourth-order valence-electron chi connectivity index (χ4n) is 0.664. The molecule has 1 heterocycles. The zero-order valence-electron chi connectivity index (χ0n) is 5.68. The first-order chi connectivity index (χ1) is 5.20. The molecule has 0 bridgehead atoms. The van der Waals surface area contributed by atoms with Crippen molar-refractivity contribution < 1.29 is 13.2 Å². The average molecular weight is 156 g/mol. The molecule has 0 fully saturated rings. The van der Waals surface area contributed by atoms with Crippen LogP contribution in [0.2, 0.25) is 0 Å². The maximum Gasteiger partial charge on any atom is 0.271 e. The largest absolute Gasteiger partial charge is 0.464 e. The highest BCUT2D eigenvalue weighted by Crippen LogP contribution is 2.16. The summed E-state index contributed by atoms with van der Waals surface area (Å²) >= 11 is 0. The smallest absolute Gasteiger partial charge is 0.271 e. The Labute approximate surface area is 62.6 Å². The number of furan rings is 1. The molecule has 0 unspecified atom stereocenters. The van der Waals surface area contributed by atoms with E-state index in [2.05, 4.69) is 6.58 Å². The first-order valence-electron chi connectivity index (χ1n) is 2.95.